The fourth-order valence-electron chi connectivity index (χ4n) is 0.913. The van der Waals surface area contributed by atoms with Crippen LogP contribution < -0.4 is 15.4 Å². The van der Waals surface area contributed by atoms with Gasteiger partial charge in [-0.3, -0.25) is 0 Å². The second-order valence-electron chi connectivity index (χ2n) is 2.61. The van der Waals surface area contributed by atoms with Gasteiger partial charge in [0.1, 0.15) is 5.75 Å². The summed E-state index contributed by atoms with van der Waals surface area (Å²) in [6.07, 6.45) is 0. The summed E-state index contributed by atoms with van der Waals surface area (Å²) < 4.78 is 27.7. The maximum Gasteiger partial charge on any atom is 0.387 e. The molecule has 0 fully saturated rings. The molecule has 0 radical (unpaired) electrons. The third-order valence-electron chi connectivity index (χ3n) is 1.56. The first kappa shape index (κ1) is 11.2. The lowest BCUT2D eigenvalue weighted by Gasteiger charge is -2.06. The minimum Gasteiger partial charge on any atom is -0.435 e. The van der Waals surface area contributed by atoms with Gasteiger partial charge >= 0.3 is 12.6 Å². The van der Waals surface area contributed by atoms with Crippen molar-refractivity contribution in [1.29, 1.82) is 0 Å². The Morgan fingerprint density at radius 1 is 1.33 bits per heavy atom. The van der Waals surface area contributed by atoms with Crippen LogP contribution in [0.5, 0.6) is 5.75 Å². The van der Waals surface area contributed by atoms with Crippen LogP contribution in [0.25, 0.3) is 0 Å². The topological polar surface area (TPSA) is 50.4 Å². The first-order chi connectivity index (χ1) is 7.11. The molecule has 0 bridgehead atoms. The summed E-state index contributed by atoms with van der Waals surface area (Å²) in [5.41, 5.74) is 0.496. The molecule has 15 heavy (non-hydrogen) atoms. The average molecular weight is 216 g/mol. The molecule has 0 heterocycles. The number of rotatable bonds is 3. The normalized spacial score (nSPS) is 9.87. The smallest absolute Gasteiger partial charge is 0.387 e. The molecule has 82 valence electrons. The summed E-state index contributed by atoms with van der Waals surface area (Å²) in [5.74, 6) is 0.0486. The third-order valence-corrected chi connectivity index (χ3v) is 1.56. The Morgan fingerprint density at radius 3 is 2.40 bits per heavy atom. The molecule has 1 aromatic carbocycles. The third kappa shape index (κ3) is 3.80. The minimum atomic E-state index is -2.84. The number of ether oxygens (including phenoxy) is 1. The second kappa shape index (κ2) is 5.14. The van der Waals surface area contributed by atoms with Gasteiger partial charge in [0.2, 0.25) is 0 Å². The highest BCUT2D eigenvalue weighted by atomic mass is 19.3. The molecule has 2 amide bonds. The van der Waals surface area contributed by atoms with Crippen molar-refractivity contribution in [3.63, 3.8) is 0 Å². The van der Waals surface area contributed by atoms with Crippen molar-refractivity contribution in [2.45, 2.75) is 6.61 Å². The van der Waals surface area contributed by atoms with E-state index < -0.39 is 6.61 Å². The van der Waals surface area contributed by atoms with Crippen LogP contribution in [-0.2, 0) is 0 Å². The van der Waals surface area contributed by atoms with Crippen LogP contribution in [0.3, 0.4) is 0 Å². The molecule has 0 aliphatic rings. The molecule has 0 saturated carbocycles. The van der Waals surface area contributed by atoms with Crippen molar-refractivity contribution in [2.24, 2.45) is 0 Å². The summed E-state index contributed by atoms with van der Waals surface area (Å²) in [5, 5.41) is 4.84. The standard InChI is InChI=1S/C9H10F2N2O2/c1-12-9(14)13-6-2-4-7(5-3-6)15-8(10)11/h2-5,8H,1H3,(H2,12,13,14). The monoisotopic (exact) mass is 216 g/mol. The van der Waals surface area contributed by atoms with Crippen molar-refractivity contribution in [2.75, 3.05) is 12.4 Å². The summed E-state index contributed by atoms with van der Waals surface area (Å²) in [7, 11) is 1.48. The van der Waals surface area contributed by atoms with E-state index in [-0.39, 0.29) is 11.8 Å². The summed E-state index contributed by atoms with van der Waals surface area (Å²) in [6.45, 7) is -2.84. The van der Waals surface area contributed by atoms with Crippen molar-refractivity contribution in [3.8, 4) is 5.75 Å². The van der Waals surface area contributed by atoms with E-state index in [0.29, 0.717) is 5.69 Å². The Balaban J connectivity index is 2.60. The molecule has 0 saturated heterocycles. The number of benzene rings is 1. The van der Waals surface area contributed by atoms with Crippen LogP contribution in [0.4, 0.5) is 19.3 Å². The molecule has 4 nitrogen and oxygen atoms in total. The maximum absolute atomic E-state index is 11.8. The average Bonchev–Trinajstić information content (AvgIpc) is 2.20. The largest absolute Gasteiger partial charge is 0.435 e. The highest BCUT2D eigenvalue weighted by Gasteiger charge is 2.04. The van der Waals surface area contributed by atoms with E-state index >= 15 is 0 Å². The van der Waals surface area contributed by atoms with Gasteiger partial charge in [0.25, 0.3) is 0 Å². The molecule has 0 aliphatic carbocycles. The van der Waals surface area contributed by atoms with E-state index in [1.165, 1.54) is 31.3 Å². The van der Waals surface area contributed by atoms with E-state index in [0.717, 1.165) is 0 Å². The van der Waals surface area contributed by atoms with E-state index in [1.54, 1.807) is 0 Å². The van der Waals surface area contributed by atoms with Crippen LogP contribution in [0.2, 0.25) is 0 Å². The summed E-state index contributed by atoms with van der Waals surface area (Å²) >= 11 is 0. The highest BCUT2D eigenvalue weighted by molar-refractivity contribution is 5.88. The SMILES string of the molecule is CNC(=O)Nc1ccc(OC(F)F)cc1. The van der Waals surface area contributed by atoms with Crippen LogP contribution in [0.1, 0.15) is 0 Å². The second-order valence-corrected chi connectivity index (χ2v) is 2.61. The first-order valence-electron chi connectivity index (χ1n) is 4.15. The van der Waals surface area contributed by atoms with Crippen molar-refractivity contribution >= 4 is 11.7 Å². The Labute approximate surface area is 85.2 Å². The van der Waals surface area contributed by atoms with Gasteiger partial charge in [-0.05, 0) is 24.3 Å². The number of alkyl halides is 2. The van der Waals surface area contributed by atoms with Crippen LogP contribution in [0.15, 0.2) is 24.3 Å². The molecular weight excluding hydrogens is 206 g/mol. The van der Waals surface area contributed by atoms with Gasteiger partial charge in [-0.25, -0.2) is 4.79 Å². The van der Waals surface area contributed by atoms with E-state index in [4.69, 9.17) is 0 Å². The van der Waals surface area contributed by atoms with Gasteiger partial charge in [-0.2, -0.15) is 8.78 Å². The number of hydrogen-bond donors (Lipinski definition) is 2. The number of urea groups is 1. The lowest BCUT2D eigenvalue weighted by Crippen LogP contribution is -2.24. The molecule has 1 rings (SSSR count). The molecule has 0 atom stereocenters. The number of nitrogens with one attached hydrogen (secondary N) is 2. The van der Waals surface area contributed by atoms with Gasteiger partial charge < -0.3 is 15.4 Å². The number of halogens is 2. The van der Waals surface area contributed by atoms with Gasteiger partial charge in [-0.15, -0.1) is 0 Å². The Kier molecular flexibility index (Phi) is 3.84. The minimum absolute atomic E-state index is 0.0486. The lowest BCUT2D eigenvalue weighted by molar-refractivity contribution is -0.0498. The van der Waals surface area contributed by atoms with E-state index in [1.807, 2.05) is 0 Å². The molecule has 2 N–H and O–H groups in total. The summed E-state index contributed by atoms with van der Waals surface area (Å²) in [6, 6.07) is 5.24. The quantitative estimate of drug-likeness (QED) is 0.812. The Morgan fingerprint density at radius 2 is 1.93 bits per heavy atom. The molecule has 0 unspecified atom stereocenters. The van der Waals surface area contributed by atoms with E-state index in [2.05, 4.69) is 15.4 Å². The lowest BCUT2D eigenvalue weighted by atomic mass is 10.3. The van der Waals surface area contributed by atoms with E-state index in [9.17, 15) is 13.6 Å². The Bertz CT molecular complexity index is 327. The fourth-order valence-corrected chi connectivity index (χ4v) is 0.913. The van der Waals surface area contributed by atoms with Crippen LogP contribution in [-0.4, -0.2) is 19.7 Å². The zero-order chi connectivity index (χ0) is 11.3. The number of hydrogen-bond acceptors (Lipinski definition) is 2. The van der Waals surface area contributed by atoms with Gasteiger partial charge in [-0.1, -0.05) is 0 Å². The van der Waals surface area contributed by atoms with Crippen LogP contribution in [0, 0.1) is 0 Å². The molecule has 6 heteroatoms. The molecule has 0 aliphatic heterocycles. The first-order valence-corrected chi connectivity index (χ1v) is 4.15. The van der Waals surface area contributed by atoms with Gasteiger partial charge in [0.15, 0.2) is 0 Å². The number of carbonyl (C=O) groups excluding carboxylic acids is 1. The molecule has 1 aromatic rings. The molecule has 0 aromatic heterocycles. The maximum atomic E-state index is 11.8. The predicted octanol–water partition coefficient (Wildman–Crippen LogP) is 2.04. The number of carbonyl (C=O) groups is 1. The number of amides is 2. The Hall–Kier alpha value is -1.85. The zero-order valence-corrected chi connectivity index (χ0v) is 7.96. The highest BCUT2D eigenvalue weighted by Crippen LogP contribution is 2.17. The number of anilines is 1. The molecule has 0 spiro atoms. The van der Waals surface area contributed by atoms with Crippen molar-refractivity contribution in [3.05, 3.63) is 24.3 Å². The predicted molar refractivity (Wildman–Crippen MR) is 51.2 cm³/mol. The fraction of sp³-hybridized carbons (Fsp3) is 0.222. The zero-order valence-electron chi connectivity index (χ0n) is 7.96. The van der Waals surface area contributed by atoms with Crippen molar-refractivity contribution < 1.29 is 18.3 Å². The summed E-state index contributed by atoms with van der Waals surface area (Å²) in [4.78, 5) is 10.9. The van der Waals surface area contributed by atoms with Crippen molar-refractivity contribution in [1.82, 2.24) is 5.32 Å². The van der Waals surface area contributed by atoms with Crippen LogP contribution >= 0.6 is 0 Å². The molecular formula is C9H10F2N2O2. The van der Waals surface area contributed by atoms with Gasteiger partial charge in [0.05, 0.1) is 0 Å². The van der Waals surface area contributed by atoms with Gasteiger partial charge in [0, 0.05) is 12.7 Å².